The average Bonchev–Trinajstić information content (AvgIpc) is 3.30. The molecule has 1 saturated heterocycles. The van der Waals surface area contributed by atoms with Gasteiger partial charge in [0, 0.05) is 37.1 Å². The molecule has 35 heavy (non-hydrogen) atoms. The van der Waals surface area contributed by atoms with E-state index in [2.05, 4.69) is 58.7 Å². The van der Waals surface area contributed by atoms with Crippen molar-refractivity contribution in [2.45, 2.75) is 50.5 Å². The number of carbonyl (C=O) groups excluding carboxylic acids is 1. The summed E-state index contributed by atoms with van der Waals surface area (Å²) in [6.45, 7) is 6.90. The van der Waals surface area contributed by atoms with E-state index in [1.807, 2.05) is 13.8 Å². The van der Waals surface area contributed by atoms with Crippen LogP contribution in [0.5, 0.6) is 0 Å². The molecular formula is C27H32N4O3S. The number of sulfonamides is 1. The molecule has 1 spiro atoms. The number of hydrogen-bond donors (Lipinski definition) is 2. The van der Waals surface area contributed by atoms with Crippen molar-refractivity contribution in [3.63, 3.8) is 0 Å². The Kier molecular flexibility index (Phi) is 5.97. The molecule has 3 aromatic rings. The summed E-state index contributed by atoms with van der Waals surface area (Å²) in [5.74, 6) is 0.189. The molecule has 7 nitrogen and oxygen atoms in total. The van der Waals surface area contributed by atoms with E-state index in [4.69, 9.17) is 0 Å². The van der Waals surface area contributed by atoms with Crippen LogP contribution >= 0.6 is 0 Å². The van der Waals surface area contributed by atoms with Crippen LogP contribution in [0.25, 0.3) is 5.69 Å². The van der Waals surface area contributed by atoms with Crippen LogP contribution in [0.2, 0.25) is 0 Å². The number of piperidine rings is 1. The first kappa shape index (κ1) is 23.6. The molecule has 2 aliphatic rings. The number of nitrogens with zero attached hydrogens (tertiary/aromatic N) is 2. The van der Waals surface area contributed by atoms with Crippen LogP contribution < -0.4 is 10.6 Å². The SMILES string of the molecule is Cc1ccc2c(c1)NC1(CCN(S(=O)(=O)c3ccc(NC(=O)CC(C)C)cc3)CC1)c1cccn1-2. The molecule has 2 aromatic carbocycles. The molecule has 2 N–H and O–H groups in total. The molecule has 8 heteroatoms. The summed E-state index contributed by atoms with van der Waals surface area (Å²) in [6.07, 6.45) is 3.85. The maximum absolute atomic E-state index is 13.4. The summed E-state index contributed by atoms with van der Waals surface area (Å²) in [7, 11) is -3.63. The largest absolute Gasteiger partial charge is 0.372 e. The summed E-state index contributed by atoms with van der Waals surface area (Å²) >= 11 is 0. The Hall–Kier alpha value is -3.10. The third kappa shape index (κ3) is 4.36. The minimum Gasteiger partial charge on any atom is -0.372 e. The van der Waals surface area contributed by atoms with Crippen LogP contribution in [0.4, 0.5) is 11.4 Å². The van der Waals surface area contributed by atoms with Crippen LogP contribution in [-0.2, 0) is 20.4 Å². The van der Waals surface area contributed by atoms with Crippen molar-refractivity contribution in [3.05, 3.63) is 72.1 Å². The molecule has 0 bridgehead atoms. The van der Waals surface area contributed by atoms with Crippen molar-refractivity contribution >= 4 is 27.3 Å². The zero-order valence-corrected chi connectivity index (χ0v) is 21.2. The standard InChI is InChI=1S/C27H32N4O3S/c1-19(2)17-26(32)28-21-7-9-22(10-8-21)35(33,34)30-15-12-27(13-16-30)25-5-4-14-31(25)24-11-6-20(3)18-23(24)29-27/h4-11,14,18-19,29H,12-13,15-17H2,1-3H3,(H,28,32). The molecule has 0 unspecified atom stereocenters. The topological polar surface area (TPSA) is 83.4 Å². The Morgan fingerprint density at radius 2 is 1.80 bits per heavy atom. The fourth-order valence-corrected chi connectivity index (χ4v) is 6.64. The maximum Gasteiger partial charge on any atom is 0.243 e. The van der Waals surface area contributed by atoms with Gasteiger partial charge >= 0.3 is 0 Å². The average molecular weight is 493 g/mol. The van der Waals surface area contributed by atoms with Gasteiger partial charge < -0.3 is 15.2 Å². The highest BCUT2D eigenvalue weighted by Crippen LogP contribution is 2.44. The highest BCUT2D eigenvalue weighted by atomic mass is 32.2. The summed E-state index contributed by atoms with van der Waals surface area (Å²) in [4.78, 5) is 12.3. The van der Waals surface area contributed by atoms with Gasteiger partial charge in [-0.1, -0.05) is 19.9 Å². The highest BCUT2D eigenvalue weighted by Gasteiger charge is 2.43. The maximum atomic E-state index is 13.4. The number of carbonyl (C=O) groups is 1. The van der Waals surface area contributed by atoms with Crippen LogP contribution in [0.3, 0.4) is 0 Å². The Labute approximate surface area is 207 Å². The van der Waals surface area contributed by atoms with Gasteiger partial charge in [0.2, 0.25) is 15.9 Å². The van der Waals surface area contributed by atoms with Crippen molar-refractivity contribution in [1.29, 1.82) is 0 Å². The summed E-state index contributed by atoms with van der Waals surface area (Å²) in [5, 5.41) is 6.59. The Balaban J connectivity index is 1.32. The van der Waals surface area contributed by atoms with Crippen molar-refractivity contribution < 1.29 is 13.2 Å². The normalized spacial score (nSPS) is 17.0. The minimum absolute atomic E-state index is 0.0709. The first-order valence-electron chi connectivity index (χ1n) is 12.2. The molecule has 0 atom stereocenters. The predicted molar refractivity (Wildman–Crippen MR) is 138 cm³/mol. The van der Waals surface area contributed by atoms with E-state index in [9.17, 15) is 13.2 Å². The van der Waals surface area contributed by atoms with E-state index in [-0.39, 0.29) is 22.3 Å². The second-order valence-corrected chi connectivity index (χ2v) is 12.0. The van der Waals surface area contributed by atoms with Gasteiger partial charge in [-0.05, 0) is 79.8 Å². The molecular weight excluding hydrogens is 460 g/mol. The number of benzene rings is 2. The quantitative estimate of drug-likeness (QED) is 0.532. The number of anilines is 2. The van der Waals surface area contributed by atoms with E-state index in [0.717, 1.165) is 11.4 Å². The molecule has 1 fully saturated rings. The van der Waals surface area contributed by atoms with Crippen molar-refractivity contribution in [2.24, 2.45) is 5.92 Å². The number of nitrogens with one attached hydrogen (secondary N) is 2. The number of aromatic nitrogens is 1. The summed E-state index contributed by atoms with van der Waals surface area (Å²) < 4.78 is 30.6. The van der Waals surface area contributed by atoms with Crippen LogP contribution in [0, 0.1) is 12.8 Å². The van der Waals surface area contributed by atoms with Crippen molar-refractivity contribution in [1.82, 2.24) is 8.87 Å². The van der Waals surface area contributed by atoms with Gasteiger partial charge in [-0.25, -0.2) is 8.42 Å². The molecule has 1 amide bonds. The molecule has 0 radical (unpaired) electrons. The zero-order chi connectivity index (χ0) is 24.8. The van der Waals surface area contributed by atoms with E-state index < -0.39 is 10.0 Å². The summed E-state index contributed by atoms with van der Waals surface area (Å²) in [5.41, 5.74) is 4.87. The fourth-order valence-electron chi connectivity index (χ4n) is 5.19. The minimum atomic E-state index is -3.63. The van der Waals surface area contributed by atoms with E-state index in [0.29, 0.717) is 38.0 Å². The lowest BCUT2D eigenvalue weighted by Gasteiger charge is -2.46. The van der Waals surface area contributed by atoms with Gasteiger partial charge in [0.05, 0.1) is 21.8 Å². The first-order chi connectivity index (χ1) is 16.7. The summed E-state index contributed by atoms with van der Waals surface area (Å²) in [6, 6.07) is 17.1. The smallest absolute Gasteiger partial charge is 0.243 e. The third-order valence-corrected chi connectivity index (χ3v) is 8.88. The number of fused-ring (bicyclic) bond motifs is 4. The van der Waals surface area contributed by atoms with Gasteiger partial charge in [0.25, 0.3) is 0 Å². The first-order valence-corrected chi connectivity index (χ1v) is 13.6. The van der Waals surface area contributed by atoms with Gasteiger partial charge in [-0.2, -0.15) is 4.31 Å². The van der Waals surface area contributed by atoms with Gasteiger partial charge in [0.1, 0.15) is 0 Å². The highest BCUT2D eigenvalue weighted by molar-refractivity contribution is 7.89. The van der Waals surface area contributed by atoms with Gasteiger partial charge in [-0.3, -0.25) is 4.79 Å². The van der Waals surface area contributed by atoms with Crippen LogP contribution in [0.1, 0.15) is 44.4 Å². The van der Waals surface area contributed by atoms with Crippen molar-refractivity contribution in [2.75, 3.05) is 23.7 Å². The zero-order valence-electron chi connectivity index (χ0n) is 20.4. The Bertz CT molecular complexity index is 1350. The molecule has 3 heterocycles. The Morgan fingerprint density at radius 3 is 2.49 bits per heavy atom. The fraction of sp³-hybridized carbons (Fsp3) is 0.370. The lowest BCUT2D eigenvalue weighted by molar-refractivity contribution is -0.116. The van der Waals surface area contributed by atoms with E-state index in [1.165, 1.54) is 11.3 Å². The predicted octanol–water partition coefficient (Wildman–Crippen LogP) is 4.88. The van der Waals surface area contributed by atoms with E-state index >= 15 is 0 Å². The second-order valence-electron chi connectivity index (χ2n) is 10.1. The molecule has 0 saturated carbocycles. The Morgan fingerprint density at radius 1 is 1.09 bits per heavy atom. The lowest BCUT2D eigenvalue weighted by Crippen LogP contribution is -2.51. The number of hydrogen-bond acceptors (Lipinski definition) is 4. The third-order valence-electron chi connectivity index (χ3n) is 6.97. The van der Waals surface area contributed by atoms with Crippen LogP contribution in [-0.4, -0.2) is 36.3 Å². The number of aryl methyl sites for hydroxylation is 1. The number of rotatable bonds is 5. The molecule has 5 rings (SSSR count). The molecule has 184 valence electrons. The lowest BCUT2D eigenvalue weighted by atomic mass is 9.83. The monoisotopic (exact) mass is 492 g/mol. The second kappa shape index (κ2) is 8.84. The van der Waals surface area contributed by atoms with Crippen LogP contribution in [0.15, 0.2) is 65.7 Å². The van der Waals surface area contributed by atoms with Gasteiger partial charge in [-0.15, -0.1) is 0 Å². The van der Waals surface area contributed by atoms with Gasteiger partial charge in [0.15, 0.2) is 0 Å². The number of amides is 1. The molecule has 0 aliphatic carbocycles. The van der Waals surface area contributed by atoms with E-state index in [1.54, 1.807) is 28.6 Å². The molecule has 2 aliphatic heterocycles. The molecule has 1 aromatic heterocycles. The van der Waals surface area contributed by atoms with Crippen molar-refractivity contribution in [3.8, 4) is 5.69 Å².